The molecular formula is C15H11F6NO3. The van der Waals surface area contributed by atoms with E-state index in [4.69, 9.17) is 11.5 Å². The zero-order valence-electron chi connectivity index (χ0n) is 12.3. The number of hydrogen-bond donors (Lipinski definition) is 2. The highest BCUT2D eigenvalue weighted by molar-refractivity contribution is 5.85. The molecule has 10 heteroatoms. The lowest BCUT2D eigenvalue weighted by molar-refractivity contribution is -0.143. The Morgan fingerprint density at radius 3 is 1.92 bits per heavy atom. The molecule has 25 heavy (non-hydrogen) atoms. The summed E-state index contributed by atoms with van der Waals surface area (Å²) in [4.78, 5) is 22.6. The predicted molar refractivity (Wildman–Crippen MR) is 73.2 cm³/mol. The van der Waals surface area contributed by atoms with Crippen molar-refractivity contribution in [3.63, 3.8) is 0 Å². The highest BCUT2D eigenvalue weighted by Gasteiger charge is 2.37. The lowest BCUT2D eigenvalue weighted by Crippen LogP contribution is -2.41. The maximum Gasteiger partial charge on any atom is 0.416 e. The van der Waals surface area contributed by atoms with E-state index in [0.717, 1.165) is 0 Å². The largest absolute Gasteiger partial charge is 0.480 e. The molecule has 0 spiro atoms. The van der Waals surface area contributed by atoms with E-state index < -0.39 is 59.8 Å². The standard InChI is InChI=1S/C15H11F6NO3/c1-2-3-11(13(24)25)22-12(23)6-8-4-9(14(16,17)18)7-10(5-8)15(19,20)21/h1,4-5,7,11H,3,6H2,(H,22,23)(H,24,25)/t11-/m0/s1. The van der Waals surface area contributed by atoms with Crippen molar-refractivity contribution in [1.29, 1.82) is 0 Å². The number of halogens is 6. The summed E-state index contributed by atoms with van der Waals surface area (Å²) in [7, 11) is 0. The van der Waals surface area contributed by atoms with Crippen LogP contribution in [0.2, 0.25) is 0 Å². The molecule has 2 N–H and O–H groups in total. The molecule has 0 bridgehead atoms. The second-order valence-corrected chi connectivity index (χ2v) is 4.96. The van der Waals surface area contributed by atoms with Crippen LogP contribution < -0.4 is 5.32 Å². The number of alkyl halides is 6. The maximum absolute atomic E-state index is 12.7. The number of amides is 1. The van der Waals surface area contributed by atoms with Crippen molar-refractivity contribution in [3.05, 3.63) is 34.9 Å². The van der Waals surface area contributed by atoms with Crippen molar-refractivity contribution in [3.8, 4) is 12.3 Å². The van der Waals surface area contributed by atoms with Crippen molar-refractivity contribution in [2.24, 2.45) is 0 Å². The fourth-order valence-corrected chi connectivity index (χ4v) is 1.87. The van der Waals surface area contributed by atoms with Gasteiger partial charge in [-0.05, 0) is 23.8 Å². The van der Waals surface area contributed by atoms with E-state index in [-0.39, 0.29) is 6.07 Å². The molecule has 1 amide bonds. The van der Waals surface area contributed by atoms with Gasteiger partial charge in [0, 0.05) is 6.42 Å². The number of carboxylic acids is 1. The molecule has 4 nitrogen and oxygen atoms in total. The first kappa shape index (κ1) is 20.3. The van der Waals surface area contributed by atoms with Crippen molar-refractivity contribution in [2.45, 2.75) is 31.2 Å². The van der Waals surface area contributed by atoms with Gasteiger partial charge in [-0.25, -0.2) is 4.79 Å². The number of carbonyl (C=O) groups is 2. The van der Waals surface area contributed by atoms with Crippen LogP contribution in [0.5, 0.6) is 0 Å². The second kappa shape index (κ2) is 7.46. The molecular weight excluding hydrogens is 356 g/mol. The summed E-state index contributed by atoms with van der Waals surface area (Å²) in [5.41, 5.74) is -3.70. The molecule has 1 aromatic rings. The Balaban J connectivity index is 3.10. The third kappa shape index (κ3) is 6.02. The molecule has 0 heterocycles. The van der Waals surface area contributed by atoms with Gasteiger partial charge < -0.3 is 10.4 Å². The molecule has 1 rings (SSSR count). The van der Waals surface area contributed by atoms with E-state index in [1.165, 1.54) is 0 Å². The van der Waals surface area contributed by atoms with Crippen molar-refractivity contribution < 1.29 is 41.0 Å². The summed E-state index contributed by atoms with van der Waals surface area (Å²) >= 11 is 0. The maximum atomic E-state index is 12.7. The molecule has 0 saturated carbocycles. The average Bonchev–Trinajstić information content (AvgIpc) is 2.44. The molecule has 0 saturated heterocycles. The monoisotopic (exact) mass is 367 g/mol. The van der Waals surface area contributed by atoms with Crippen LogP contribution in [0.3, 0.4) is 0 Å². The minimum Gasteiger partial charge on any atom is -0.480 e. The zero-order valence-corrected chi connectivity index (χ0v) is 12.3. The minimum absolute atomic E-state index is 0.0696. The summed E-state index contributed by atoms with van der Waals surface area (Å²) in [6.07, 6.45) is -6.43. The molecule has 1 aromatic carbocycles. The van der Waals surface area contributed by atoms with E-state index in [1.807, 2.05) is 11.2 Å². The Morgan fingerprint density at radius 2 is 1.56 bits per heavy atom. The van der Waals surface area contributed by atoms with Gasteiger partial charge in [0.15, 0.2) is 0 Å². The smallest absolute Gasteiger partial charge is 0.416 e. The number of aliphatic carboxylic acids is 1. The van der Waals surface area contributed by atoms with Gasteiger partial charge in [0.1, 0.15) is 6.04 Å². The molecule has 0 aromatic heterocycles. The lowest BCUT2D eigenvalue weighted by Gasteiger charge is -2.15. The predicted octanol–water partition coefficient (Wildman–Crippen LogP) is 2.86. The Bertz CT molecular complexity index is 670. The van der Waals surface area contributed by atoms with Gasteiger partial charge in [0.2, 0.25) is 5.91 Å². The Morgan fingerprint density at radius 1 is 1.08 bits per heavy atom. The second-order valence-electron chi connectivity index (χ2n) is 4.96. The summed E-state index contributed by atoms with van der Waals surface area (Å²) in [6, 6.07) is -0.775. The first-order valence-electron chi connectivity index (χ1n) is 6.58. The molecule has 0 radical (unpaired) electrons. The first-order valence-corrected chi connectivity index (χ1v) is 6.58. The van der Waals surface area contributed by atoms with E-state index in [1.54, 1.807) is 0 Å². The Kier molecular flexibility index (Phi) is 6.07. The third-order valence-electron chi connectivity index (χ3n) is 2.97. The normalized spacial score (nSPS) is 13.0. The molecule has 0 aliphatic rings. The number of nitrogens with one attached hydrogen (secondary N) is 1. The van der Waals surface area contributed by atoms with E-state index in [9.17, 15) is 35.9 Å². The summed E-state index contributed by atoms with van der Waals surface area (Å²) in [5, 5.41) is 10.8. The number of benzene rings is 1. The summed E-state index contributed by atoms with van der Waals surface area (Å²) in [5.74, 6) is -0.571. The minimum atomic E-state index is -5.04. The van der Waals surface area contributed by atoms with Gasteiger partial charge in [-0.15, -0.1) is 12.3 Å². The molecule has 0 unspecified atom stereocenters. The van der Waals surface area contributed by atoms with E-state index in [0.29, 0.717) is 12.1 Å². The molecule has 0 aliphatic carbocycles. The van der Waals surface area contributed by atoms with Crippen molar-refractivity contribution >= 4 is 11.9 Å². The van der Waals surface area contributed by atoms with Crippen LogP contribution in [0.4, 0.5) is 26.3 Å². The lowest BCUT2D eigenvalue weighted by atomic mass is 10.0. The van der Waals surface area contributed by atoms with Crippen LogP contribution in [0.15, 0.2) is 18.2 Å². The van der Waals surface area contributed by atoms with E-state index >= 15 is 0 Å². The summed E-state index contributed by atoms with van der Waals surface area (Å²) in [6.45, 7) is 0. The van der Waals surface area contributed by atoms with Crippen molar-refractivity contribution in [2.75, 3.05) is 0 Å². The van der Waals surface area contributed by atoms with Crippen LogP contribution in [-0.2, 0) is 28.4 Å². The number of rotatable bonds is 5. The van der Waals surface area contributed by atoms with Crippen LogP contribution in [0, 0.1) is 12.3 Å². The van der Waals surface area contributed by atoms with Crippen molar-refractivity contribution in [1.82, 2.24) is 5.32 Å². The zero-order chi connectivity index (χ0) is 19.4. The van der Waals surface area contributed by atoms with E-state index in [2.05, 4.69) is 0 Å². The molecule has 0 aliphatic heterocycles. The fourth-order valence-electron chi connectivity index (χ4n) is 1.87. The van der Waals surface area contributed by atoms with Gasteiger partial charge in [-0.3, -0.25) is 4.79 Å². The molecule has 0 fully saturated rings. The Hall–Kier alpha value is -2.70. The SMILES string of the molecule is C#CC[C@H](NC(=O)Cc1cc(C(F)(F)F)cc(C(F)(F)F)c1)C(=O)O. The number of carbonyl (C=O) groups excluding carboxylic acids is 1. The molecule has 136 valence electrons. The van der Waals surface area contributed by atoms with Gasteiger partial charge in [-0.1, -0.05) is 0 Å². The van der Waals surface area contributed by atoms with Gasteiger partial charge >= 0.3 is 18.3 Å². The van der Waals surface area contributed by atoms with Crippen LogP contribution in [0.25, 0.3) is 0 Å². The van der Waals surface area contributed by atoms with Gasteiger partial charge in [0.25, 0.3) is 0 Å². The number of terminal acetylenes is 1. The van der Waals surface area contributed by atoms with Crippen LogP contribution >= 0.6 is 0 Å². The molecule has 1 atom stereocenters. The van der Waals surface area contributed by atoms with Crippen LogP contribution in [-0.4, -0.2) is 23.0 Å². The highest BCUT2D eigenvalue weighted by Crippen LogP contribution is 2.36. The fraction of sp³-hybridized carbons (Fsp3) is 0.333. The quantitative estimate of drug-likeness (QED) is 0.621. The summed E-state index contributed by atoms with van der Waals surface area (Å²) < 4.78 is 76.3. The first-order chi connectivity index (χ1) is 11.3. The number of carboxylic acid groups (broad SMARTS) is 1. The average molecular weight is 367 g/mol. The van der Waals surface area contributed by atoms with Crippen LogP contribution in [0.1, 0.15) is 23.1 Å². The van der Waals surface area contributed by atoms with Gasteiger partial charge in [-0.2, -0.15) is 26.3 Å². The Labute approximate surface area is 137 Å². The third-order valence-corrected chi connectivity index (χ3v) is 2.97. The highest BCUT2D eigenvalue weighted by atomic mass is 19.4. The topological polar surface area (TPSA) is 66.4 Å². The van der Waals surface area contributed by atoms with Gasteiger partial charge in [0.05, 0.1) is 17.5 Å². The number of hydrogen-bond acceptors (Lipinski definition) is 2.